The first-order valence-electron chi connectivity index (χ1n) is 2.54. The molecule has 0 aromatic rings. The van der Waals surface area contributed by atoms with Crippen LogP contribution in [0.1, 0.15) is 6.92 Å². The zero-order valence-corrected chi connectivity index (χ0v) is 5.68. The minimum atomic E-state index is 0.213. The molecule has 1 unspecified atom stereocenters. The van der Waals surface area contributed by atoms with Gasteiger partial charge in [0.05, 0.1) is 6.10 Å². The van der Waals surface area contributed by atoms with Crippen molar-refractivity contribution in [3.05, 3.63) is 13.2 Å². The highest BCUT2D eigenvalue weighted by Crippen LogP contribution is 1.78. The summed E-state index contributed by atoms with van der Waals surface area (Å²) in [7, 11) is 1.65. The van der Waals surface area contributed by atoms with E-state index < -0.39 is 0 Å². The van der Waals surface area contributed by atoms with E-state index in [1.165, 1.54) is 0 Å². The molecule has 0 saturated carbocycles. The van der Waals surface area contributed by atoms with Crippen molar-refractivity contribution in [2.45, 2.75) is 13.0 Å². The summed E-state index contributed by atoms with van der Waals surface area (Å²) in [5.41, 5.74) is 5.16. The van der Waals surface area contributed by atoms with E-state index >= 15 is 0 Å². The van der Waals surface area contributed by atoms with Crippen molar-refractivity contribution in [1.82, 2.24) is 0 Å². The highest BCUT2D eigenvalue weighted by Gasteiger charge is 1.88. The summed E-state index contributed by atoms with van der Waals surface area (Å²) < 4.78 is 4.77. The maximum absolute atomic E-state index is 5.16. The molecule has 0 fully saturated rings. The van der Waals surface area contributed by atoms with Crippen molar-refractivity contribution >= 4 is 0 Å². The molecule has 0 aliphatic heterocycles. The molecular weight excluding hydrogens is 102 g/mol. The van der Waals surface area contributed by atoms with Crippen molar-refractivity contribution in [3.63, 3.8) is 0 Å². The molecule has 2 heteroatoms. The SMILES string of the molecule is C=C.COC(C)CN. The van der Waals surface area contributed by atoms with Crippen LogP contribution < -0.4 is 5.73 Å². The number of hydrogen-bond donors (Lipinski definition) is 1. The summed E-state index contributed by atoms with van der Waals surface area (Å²) in [4.78, 5) is 0. The van der Waals surface area contributed by atoms with Gasteiger partial charge in [0.1, 0.15) is 0 Å². The van der Waals surface area contributed by atoms with Crippen molar-refractivity contribution in [3.8, 4) is 0 Å². The molecule has 0 rings (SSSR count). The van der Waals surface area contributed by atoms with Gasteiger partial charge >= 0.3 is 0 Å². The summed E-state index contributed by atoms with van der Waals surface area (Å²) in [6, 6.07) is 0. The third-order valence-electron chi connectivity index (χ3n) is 0.734. The molecule has 8 heavy (non-hydrogen) atoms. The lowest BCUT2D eigenvalue weighted by atomic mass is 10.4. The van der Waals surface area contributed by atoms with Crippen LogP contribution in [0.4, 0.5) is 0 Å². The van der Waals surface area contributed by atoms with Crippen LogP contribution in [0.5, 0.6) is 0 Å². The molecule has 0 aromatic heterocycles. The van der Waals surface area contributed by atoms with Crippen LogP contribution in [0.15, 0.2) is 13.2 Å². The Morgan fingerprint density at radius 1 is 1.62 bits per heavy atom. The molecule has 0 aliphatic rings. The first kappa shape index (κ1) is 10.6. The first-order chi connectivity index (χ1) is 3.81. The molecule has 0 heterocycles. The smallest absolute Gasteiger partial charge is 0.0665 e. The number of nitrogens with two attached hydrogens (primary N) is 1. The van der Waals surface area contributed by atoms with E-state index in [9.17, 15) is 0 Å². The number of hydrogen-bond acceptors (Lipinski definition) is 2. The molecule has 2 N–H and O–H groups in total. The normalized spacial score (nSPS) is 11.4. The van der Waals surface area contributed by atoms with Crippen LogP contribution in [0.25, 0.3) is 0 Å². The number of ether oxygens (including phenoxy) is 1. The second-order valence-corrected chi connectivity index (χ2v) is 1.28. The summed E-state index contributed by atoms with van der Waals surface area (Å²) in [6.45, 7) is 8.54. The van der Waals surface area contributed by atoms with E-state index in [0.29, 0.717) is 6.54 Å². The molecule has 1 atom stereocenters. The first-order valence-corrected chi connectivity index (χ1v) is 2.54. The summed E-state index contributed by atoms with van der Waals surface area (Å²) in [5, 5.41) is 0. The average Bonchev–Trinajstić information content (AvgIpc) is 1.91. The molecule has 50 valence electrons. The maximum atomic E-state index is 5.16. The second-order valence-electron chi connectivity index (χ2n) is 1.28. The Hall–Kier alpha value is -0.340. The van der Waals surface area contributed by atoms with Gasteiger partial charge in [-0.15, -0.1) is 13.2 Å². The van der Waals surface area contributed by atoms with Crippen LogP contribution in [-0.2, 0) is 4.74 Å². The Labute approximate surface area is 51.3 Å². The molecule has 0 amide bonds. The topological polar surface area (TPSA) is 35.2 Å². The second kappa shape index (κ2) is 9.83. The largest absolute Gasteiger partial charge is 0.380 e. The van der Waals surface area contributed by atoms with E-state index in [1.807, 2.05) is 6.92 Å². The Bertz CT molecular complexity index is 35.5. The van der Waals surface area contributed by atoms with Crippen LogP contribution in [-0.4, -0.2) is 19.8 Å². The number of methoxy groups -OCH3 is 1. The van der Waals surface area contributed by atoms with Crippen LogP contribution in [0.3, 0.4) is 0 Å². The molecule has 2 nitrogen and oxygen atoms in total. The maximum Gasteiger partial charge on any atom is 0.0665 e. The fourth-order valence-electron chi connectivity index (χ4n) is 0.0962. The lowest BCUT2D eigenvalue weighted by Crippen LogP contribution is -2.17. The fraction of sp³-hybridized carbons (Fsp3) is 0.667. The van der Waals surface area contributed by atoms with Gasteiger partial charge in [0.2, 0.25) is 0 Å². The molecular formula is C6H15NO. The Balaban J connectivity index is 0. The van der Waals surface area contributed by atoms with Gasteiger partial charge in [0.25, 0.3) is 0 Å². The van der Waals surface area contributed by atoms with Crippen molar-refractivity contribution in [1.29, 1.82) is 0 Å². The quantitative estimate of drug-likeness (QED) is 0.542. The van der Waals surface area contributed by atoms with Crippen molar-refractivity contribution in [2.75, 3.05) is 13.7 Å². The van der Waals surface area contributed by atoms with Crippen molar-refractivity contribution < 1.29 is 4.74 Å². The van der Waals surface area contributed by atoms with E-state index in [0.717, 1.165) is 0 Å². The molecule has 0 spiro atoms. The molecule has 0 aliphatic carbocycles. The lowest BCUT2D eigenvalue weighted by Gasteiger charge is -2.01. The average molecular weight is 117 g/mol. The molecule has 0 bridgehead atoms. The molecule has 0 saturated heterocycles. The third-order valence-corrected chi connectivity index (χ3v) is 0.734. The standard InChI is InChI=1S/C4H11NO.C2H4/c1-4(3-5)6-2;1-2/h4H,3,5H2,1-2H3;1-2H2. The fourth-order valence-corrected chi connectivity index (χ4v) is 0.0962. The van der Waals surface area contributed by atoms with E-state index in [-0.39, 0.29) is 6.10 Å². The van der Waals surface area contributed by atoms with E-state index in [2.05, 4.69) is 13.2 Å². The van der Waals surface area contributed by atoms with Gasteiger partial charge in [-0.05, 0) is 6.92 Å². The monoisotopic (exact) mass is 117 g/mol. The van der Waals surface area contributed by atoms with Crippen molar-refractivity contribution in [2.24, 2.45) is 5.73 Å². The minimum Gasteiger partial charge on any atom is -0.380 e. The van der Waals surface area contributed by atoms with Gasteiger partial charge in [0.15, 0.2) is 0 Å². The van der Waals surface area contributed by atoms with Crippen LogP contribution in [0.2, 0.25) is 0 Å². The highest BCUT2D eigenvalue weighted by molar-refractivity contribution is 4.43. The predicted molar refractivity (Wildman–Crippen MR) is 36.8 cm³/mol. The van der Waals surface area contributed by atoms with Gasteiger partial charge in [0, 0.05) is 13.7 Å². The van der Waals surface area contributed by atoms with Crippen LogP contribution >= 0.6 is 0 Å². The molecule has 0 aromatic carbocycles. The number of rotatable bonds is 2. The minimum absolute atomic E-state index is 0.213. The van der Waals surface area contributed by atoms with E-state index in [4.69, 9.17) is 10.5 Å². The Morgan fingerprint density at radius 2 is 2.00 bits per heavy atom. The zero-order chi connectivity index (χ0) is 6.99. The Morgan fingerprint density at radius 3 is 2.00 bits per heavy atom. The van der Waals surface area contributed by atoms with Crippen LogP contribution in [0, 0.1) is 0 Å². The van der Waals surface area contributed by atoms with Gasteiger partial charge in [-0.1, -0.05) is 0 Å². The van der Waals surface area contributed by atoms with Gasteiger partial charge in [-0.2, -0.15) is 0 Å². The Kier molecular flexibility index (Phi) is 13.0. The predicted octanol–water partition coefficient (Wildman–Crippen LogP) is 0.782. The summed E-state index contributed by atoms with van der Waals surface area (Å²) >= 11 is 0. The zero-order valence-electron chi connectivity index (χ0n) is 5.68. The van der Waals surface area contributed by atoms with Gasteiger partial charge in [-0.25, -0.2) is 0 Å². The van der Waals surface area contributed by atoms with Gasteiger partial charge < -0.3 is 10.5 Å². The van der Waals surface area contributed by atoms with E-state index in [1.54, 1.807) is 7.11 Å². The third kappa shape index (κ3) is 9.18. The lowest BCUT2D eigenvalue weighted by molar-refractivity contribution is 0.125. The van der Waals surface area contributed by atoms with Gasteiger partial charge in [-0.3, -0.25) is 0 Å². The summed E-state index contributed by atoms with van der Waals surface area (Å²) in [6.07, 6.45) is 0.213. The summed E-state index contributed by atoms with van der Waals surface area (Å²) in [5.74, 6) is 0. The molecule has 0 radical (unpaired) electrons. The highest BCUT2D eigenvalue weighted by atomic mass is 16.5.